The van der Waals surface area contributed by atoms with Gasteiger partial charge in [-0.25, -0.2) is 0 Å². The van der Waals surface area contributed by atoms with Gasteiger partial charge < -0.3 is 15.2 Å². The zero-order valence-corrected chi connectivity index (χ0v) is 12.5. The Morgan fingerprint density at radius 1 is 1.14 bits per heavy atom. The van der Waals surface area contributed by atoms with Crippen LogP contribution < -0.4 is 10.6 Å². The average molecular weight is 303 g/mol. The molecule has 6 nitrogen and oxygen atoms in total. The number of rotatable bonds is 5. The minimum Gasteiger partial charge on any atom is -0.360 e. The number of amides is 2. The van der Waals surface area contributed by atoms with Gasteiger partial charge in [0.1, 0.15) is 5.76 Å². The molecule has 22 heavy (non-hydrogen) atoms. The van der Waals surface area contributed by atoms with E-state index in [0.29, 0.717) is 11.6 Å². The SMILES string of the molecule is C=CC(=O)N[C@H]1CC[C@H](NC(=O)c2cc(C3CC3)on2)CC1. The van der Waals surface area contributed by atoms with Gasteiger partial charge in [-0.15, -0.1) is 0 Å². The second-order valence-corrected chi connectivity index (χ2v) is 6.12. The van der Waals surface area contributed by atoms with Gasteiger partial charge in [-0.05, 0) is 44.6 Å². The predicted molar refractivity (Wildman–Crippen MR) is 80.3 cm³/mol. The molecule has 0 bridgehead atoms. The van der Waals surface area contributed by atoms with E-state index in [2.05, 4.69) is 22.4 Å². The number of aromatic nitrogens is 1. The van der Waals surface area contributed by atoms with Gasteiger partial charge >= 0.3 is 0 Å². The van der Waals surface area contributed by atoms with E-state index < -0.39 is 0 Å². The number of carbonyl (C=O) groups is 2. The highest BCUT2D eigenvalue weighted by Crippen LogP contribution is 2.40. The van der Waals surface area contributed by atoms with E-state index in [1.165, 1.54) is 6.08 Å². The molecule has 6 heteroatoms. The summed E-state index contributed by atoms with van der Waals surface area (Å²) in [6, 6.07) is 2.06. The van der Waals surface area contributed by atoms with Crippen LogP contribution in [0.15, 0.2) is 23.2 Å². The summed E-state index contributed by atoms with van der Waals surface area (Å²) in [5.41, 5.74) is 0.365. The lowest BCUT2D eigenvalue weighted by atomic mass is 9.91. The van der Waals surface area contributed by atoms with E-state index in [-0.39, 0.29) is 23.9 Å². The lowest BCUT2D eigenvalue weighted by molar-refractivity contribution is -0.117. The summed E-state index contributed by atoms with van der Waals surface area (Å²) >= 11 is 0. The number of hydrogen-bond donors (Lipinski definition) is 2. The molecule has 0 radical (unpaired) electrons. The zero-order valence-electron chi connectivity index (χ0n) is 12.5. The molecule has 2 aliphatic rings. The first-order valence-corrected chi connectivity index (χ1v) is 7.86. The molecule has 2 saturated carbocycles. The summed E-state index contributed by atoms with van der Waals surface area (Å²) in [5.74, 6) is 0.968. The van der Waals surface area contributed by atoms with Gasteiger partial charge in [0.05, 0.1) is 0 Å². The first-order valence-electron chi connectivity index (χ1n) is 7.86. The zero-order chi connectivity index (χ0) is 15.5. The molecule has 2 fully saturated rings. The minimum atomic E-state index is -0.172. The number of nitrogens with one attached hydrogen (secondary N) is 2. The highest BCUT2D eigenvalue weighted by Gasteiger charge is 2.29. The molecule has 1 aromatic rings. The van der Waals surface area contributed by atoms with Crippen LogP contribution in [0.2, 0.25) is 0 Å². The molecule has 1 aromatic heterocycles. The fraction of sp³-hybridized carbons (Fsp3) is 0.562. The van der Waals surface area contributed by atoms with Gasteiger partial charge in [0.25, 0.3) is 5.91 Å². The van der Waals surface area contributed by atoms with Crippen molar-refractivity contribution in [1.82, 2.24) is 15.8 Å². The van der Waals surface area contributed by atoms with Crippen molar-refractivity contribution in [2.75, 3.05) is 0 Å². The Labute approximate surface area is 129 Å². The normalized spacial score (nSPS) is 24.5. The summed E-state index contributed by atoms with van der Waals surface area (Å²) in [6.07, 6.45) is 6.94. The molecule has 2 amide bonds. The van der Waals surface area contributed by atoms with E-state index in [0.717, 1.165) is 44.3 Å². The largest absolute Gasteiger partial charge is 0.360 e. The lowest BCUT2D eigenvalue weighted by Gasteiger charge is -2.29. The Morgan fingerprint density at radius 3 is 2.36 bits per heavy atom. The van der Waals surface area contributed by atoms with E-state index in [4.69, 9.17) is 4.52 Å². The molecule has 0 unspecified atom stereocenters. The molecule has 0 saturated heterocycles. The van der Waals surface area contributed by atoms with Crippen LogP contribution in [0, 0.1) is 0 Å². The third-order valence-corrected chi connectivity index (χ3v) is 4.33. The van der Waals surface area contributed by atoms with Gasteiger partial charge in [-0.2, -0.15) is 0 Å². The fourth-order valence-electron chi connectivity index (χ4n) is 2.86. The van der Waals surface area contributed by atoms with Crippen molar-refractivity contribution in [3.8, 4) is 0 Å². The molecule has 3 rings (SSSR count). The Hall–Kier alpha value is -2.11. The van der Waals surface area contributed by atoms with Crippen molar-refractivity contribution in [3.05, 3.63) is 30.2 Å². The maximum absolute atomic E-state index is 12.2. The standard InChI is InChI=1S/C16H21N3O3/c1-2-15(20)17-11-5-7-12(8-6-11)18-16(21)13-9-14(22-19-13)10-3-4-10/h2,9-12H,1,3-8H2,(H,17,20)(H,18,21)/t11-,12-. The lowest BCUT2D eigenvalue weighted by Crippen LogP contribution is -2.43. The monoisotopic (exact) mass is 303 g/mol. The minimum absolute atomic E-state index is 0.130. The molecular formula is C16H21N3O3. The summed E-state index contributed by atoms with van der Waals surface area (Å²) in [4.78, 5) is 23.4. The van der Waals surface area contributed by atoms with Crippen LogP contribution in [0.1, 0.15) is 60.7 Å². The van der Waals surface area contributed by atoms with E-state index in [1.807, 2.05) is 0 Å². The molecule has 2 aliphatic carbocycles. The highest BCUT2D eigenvalue weighted by atomic mass is 16.5. The number of nitrogens with zero attached hydrogens (tertiary/aromatic N) is 1. The summed E-state index contributed by atoms with van der Waals surface area (Å²) in [5, 5.41) is 9.75. The van der Waals surface area contributed by atoms with Crippen molar-refractivity contribution >= 4 is 11.8 Å². The number of hydrogen-bond acceptors (Lipinski definition) is 4. The Morgan fingerprint density at radius 2 is 1.77 bits per heavy atom. The Balaban J connectivity index is 1.46. The van der Waals surface area contributed by atoms with Crippen molar-refractivity contribution in [1.29, 1.82) is 0 Å². The molecule has 0 spiro atoms. The topological polar surface area (TPSA) is 84.2 Å². The first-order chi connectivity index (χ1) is 10.7. The molecule has 2 N–H and O–H groups in total. The summed E-state index contributed by atoms with van der Waals surface area (Å²) in [7, 11) is 0. The van der Waals surface area contributed by atoms with Gasteiger partial charge in [-0.1, -0.05) is 11.7 Å². The Kier molecular flexibility index (Phi) is 4.27. The van der Waals surface area contributed by atoms with Crippen LogP contribution >= 0.6 is 0 Å². The molecule has 118 valence electrons. The fourth-order valence-corrected chi connectivity index (χ4v) is 2.86. The highest BCUT2D eigenvalue weighted by molar-refractivity contribution is 5.92. The third-order valence-electron chi connectivity index (χ3n) is 4.33. The molecule has 0 aromatic carbocycles. The van der Waals surface area contributed by atoms with E-state index in [1.54, 1.807) is 6.07 Å². The van der Waals surface area contributed by atoms with E-state index >= 15 is 0 Å². The van der Waals surface area contributed by atoms with Crippen LogP contribution in [0.3, 0.4) is 0 Å². The molecule has 0 atom stereocenters. The Bertz CT molecular complexity index is 569. The van der Waals surface area contributed by atoms with Gasteiger partial charge in [0.2, 0.25) is 5.91 Å². The van der Waals surface area contributed by atoms with Crippen LogP contribution in [-0.2, 0) is 4.79 Å². The second kappa shape index (κ2) is 6.34. The van der Waals surface area contributed by atoms with Crippen LogP contribution in [0.5, 0.6) is 0 Å². The van der Waals surface area contributed by atoms with Crippen LogP contribution in [0.25, 0.3) is 0 Å². The second-order valence-electron chi connectivity index (χ2n) is 6.12. The molecule has 0 aliphatic heterocycles. The number of carbonyl (C=O) groups excluding carboxylic acids is 2. The quantitative estimate of drug-likeness (QED) is 0.814. The van der Waals surface area contributed by atoms with E-state index in [9.17, 15) is 9.59 Å². The van der Waals surface area contributed by atoms with Crippen molar-refractivity contribution in [3.63, 3.8) is 0 Å². The first kappa shape index (κ1) is 14.8. The third kappa shape index (κ3) is 3.55. The van der Waals surface area contributed by atoms with Gasteiger partial charge in [0.15, 0.2) is 5.69 Å². The van der Waals surface area contributed by atoms with Crippen LogP contribution in [-0.4, -0.2) is 29.1 Å². The maximum atomic E-state index is 12.2. The smallest absolute Gasteiger partial charge is 0.273 e. The van der Waals surface area contributed by atoms with Crippen molar-refractivity contribution < 1.29 is 14.1 Å². The molecule has 1 heterocycles. The average Bonchev–Trinajstić information content (AvgIpc) is 3.26. The predicted octanol–water partition coefficient (Wildman–Crippen LogP) is 1.90. The van der Waals surface area contributed by atoms with Gasteiger partial charge in [0, 0.05) is 24.1 Å². The molecular weight excluding hydrogens is 282 g/mol. The van der Waals surface area contributed by atoms with Crippen molar-refractivity contribution in [2.45, 2.75) is 56.5 Å². The summed E-state index contributed by atoms with van der Waals surface area (Å²) in [6.45, 7) is 3.45. The van der Waals surface area contributed by atoms with Gasteiger partial charge in [-0.3, -0.25) is 9.59 Å². The van der Waals surface area contributed by atoms with Crippen LogP contribution in [0.4, 0.5) is 0 Å². The summed E-state index contributed by atoms with van der Waals surface area (Å²) < 4.78 is 5.20. The maximum Gasteiger partial charge on any atom is 0.273 e. The van der Waals surface area contributed by atoms with Crippen molar-refractivity contribution in [2.24, 2.45) is 0 Å².